The number of nitrogens with zero attached hydrogens (tertiary/aromatic N) is 5. The Balaban J connectivity index is 1.24. The van der Waals surface area contributed by atoms with E-state index in [9.17, 15) is 0 Å². The van der Waals surface area contributed by atoms with Gasteiger partial charge in [0.05, 0.1) is 12.3 Å². The lowest BCUT2D eigenvalue weighted by Crippen LogP contribution is -2.36. The molecule has 0 bridgehead atoms. The lowest BCUT2D eigenvalue weighted by atomic mass is 9.98. The Hall–Kier alpha value is -2.24. The van der Waals surface area contributed by atoms with Gasteiger partial charge in [-0.1, -0.05) is 0 Å². The topological polar surface area (TPSA) is 64.0 Å². The Kier molecular flexibility index (Phi) is 4.28. The van der Waals surface area contributed by atoms with Crippen LogP contribution in [0.2, 0.25) is 0 Å². The van der Waals surface area contributed by atoms with Crippen LogP contribution in [0.25, 0.3) is 0 Å². The zero-order valence-electron chi connectivity index (χ0n) is 14.1. The average Bonchev–Trinajstić information content (AvgIpc) is 3.47. The van der Waals surface area contributed by atoms with E-state index in [1.54, 1.807) is 0 Å². The second-order valence-corrected chi connectivity index (χ2v) is 6.87. The minimum atomic E-state index is 0.552. The highest BCUT2D eigenvalue weighted by atomic mass is 16.5. The molecule has 1 aliphatic heterocycles. The van der Waals surface area contributed by atoms with Gasteiger partial charge >= 0.3 is 0 Å². The molecule has 4 rings (SSSR count). The third-order valence-electron chi connectivity index (χ3n) is 4.79. The van der Waals surface area contributed by atoms with Gasteiger partial charge in [0.2, 0.25) is 11.8 Å². The summed E-state index contributed by atoms with van der Waals surface area (Å²) in [5.74, 6) is 2.67. The Labute approximate surface area is 142 Å². The summed E-state index contributed by atoms with van der Waals surface area (Å²) in [6, 6.07) is 4.01. The van der Waals surface area contributed by atoms with Crippen LogP contribution < -0.4 is 9.64 Å². The smallest absolute Gasteiger partial charge is 0.233 e. The molecule has 24 heavy (non-hydrogen) atoms. The van der Waals surface area contributed by atoms with Crippen molar-refractivity contribution in [1.29, 1.82) is 0 Å². The van der Waals surface area contributed by atoms with Crippen LogP contribution in [0.1, 0.15) is 42.9 Å². The number of rotatable bonds is 5. The van der Waals surface area contributed by atoms with Gasteiger partial charge in [-0.05, 0) is 50.2 Å². The van der Waals surface area contributed by atoms with Crippen LogP contribution in [0.5, 0.6) is 5.88 Å². The predicted octanol–water partition coefficient (Wildman–Crippen LogP) is 2.75. The molecular formula is C18H23N5O. The number of anilines is 1. The summed E-state index contributed by atoms with van der Waals surface area (Å²) in [5, 5.41) is 8.46. The molecule has 0 spiro atoms. The second kappa shape index (κ2) is 6.71. The molecule has 6 nitrogen and oxygen atoms in total. The molecule has 6 heteroatoms. The fourth-order valence-electron chi connectivity index (χ4n) is 3.06. The van der Waals surface area contributed by atoms with Gasteiger partial charge in [-0.25, -0.2) is 9.97 Å². The molecule has 2 aliphatic rings. The van der Waals surface area contributed by atoms with E-state index in [1.165, 1.54) is 12.8 Å². The van der Waals surface area contributed by atoms with E-state index in [4.69, 9.17) is 4.74 Å². The van der Waals surface area contributed by atoms with Crippen LogP contribution in [-0.4, -0.2) is 39.9 Å². The van der Waals surface area contributed by atoms with Crippen molar-refractivity contribution < 1.29 is 4.74 Å². The lowest BCUT2D eigenvalue weighted by molar-refractivity contribution is 0.213. The predicted molar refractivity (Wildman–Crippen MR) is 91.2 cm³/mol. The maximum atomic E-state index is 5.83. The molecule has 0 unspecified atom stereocenters. The molecule has 0 radical (unpaired) electrons. The second-order valence-electron chi connectivity index (χ2n) is 6.87. The van der Waals surface area contributed by atoms with Crippen molar-refractivity contribution in [2.75, 3.05) is 24.6 Å². The van der Waals surface area contributed by atoms with Crippen LogP contribution in [0.15, 0.2) is 24.5 Å². The first-order valence-corrected chi connectivity index (χ1v) is 8.78. The van der Waals surface area contributed by atoms with Crippen molar-refractivity contribution >= 4 is 5.95 Å². The minimum Gasteiger partial charge on any atom is -0.476 e. The van der Waals surface area contributed by atoms with E-state index >= 15 is 0 Å². The molecule has 1 saturated heterocycles. The lowest BCUT2D eigenvalue weighted by Gasteiger charge is -2.31. The molecule has 0 amide bonds. The largest absolute Gasteiger partial charge is 0.476 e. The summed E-state index contributed by atoms with van der Waals surface area (Å²) in [4.78, 5) is 11.1. The summed E-state index contributed by atoms with van der Waals surface area (Å²) in [7, 11) is 0. The van der Waals surface area contributed by atoms with Crippen LogP contribution in [0.4, 0.5) is 5.95 Å². The molecule has 2 aromatic rings. The molecule has 0 aromatic carbocycles. The molecule has 2 aromatic heterocycles. The number of piperidine rings is 1. The molecular weight excluding hydrogens is 302 g/mol. The van der Waals surface area contributed by atoms with Crippen molar-refractivity contribution in [3.63, 3.8) is 0 Å². The Morgan fingerprint density at radius 2 is 1.79 bits per heavy atom. The first kappa shape index (κ1) is 15.3. The van der Waals surface area contributed by atoms with Gasteiger partial charge in [0.15, 0.2) is 0 Å². The number of aromatic nitrogens is 4. The number of aryl methyl sites for hydroxylation is 1. The van der Waals surface area contributed by atoms with Crippen LogP contribution in [0.3, 0.4) is 0 Å². The van der Waals surface area contributed by atoms with Crippen molar-refractivity contribution in [1.82, 2.24) is 20.2 Å². The quantitative estimate of drug-likeness (QED) is 0.842. The first-order chi connectivity index (χ1) is 11.8. The van der Waals surface area contributed by atoms with E-state index in [0.29, 0.717) is 24.3 Å². The fraction of sp³-hybridized carbons (Fsp3) is 0.556. The SMILES string of the molecule is Cc1cnc(N2CCC(COc3ccc(C4CC4)nn3)CC2)nc1. The number of ether oxygens (including phenoxy) is 1. The van der Waals surface area contributed by atoms with E-state index < -0.39 is 0 Å². The van der Waals surface area contributed by atoms with Gasteiger partial charge in [-0.2, -0.15) is 5.10 Å². The molecule has 3 heterocycles. The van der Waals surface area contributed by atoms with E-state index in [2.05, 4.69) is 31.1 Å². The summed E-state index contributed by atoms with van der Waals surface area (Å²) in [5.41, 5.74) is 2.20. The summed E-state index contributed by atoms with van der Waals surface area (Å²) >= 11 is 0. The van der Waals surface area contributed by atoms with E-state index in [1.807, 2.05) is 25.4 Å². The average molecular weight is 325 g/mol. The van der Waals surface area contributed by atoms with Crippen molar-refractivity contribution in [3.8, 4) is 5.88 Å². The monoisotopic (exact) mass is 325 g/mol. The number of hydrogen-bond acceptors (Lipinski definition) is 6. The standard InChI is InChI=1S/C18H23N5O/c1-13-10-19-18(20-11-13)23-8-6-14(7-9-23)12-24-17-5-4-16(21-22-17)15-2-3-15/h4-5,10-11,14-15H,2-3,6-9,12H2,1H3. The minimum absolute atomic E-state index is 0.552. The third-order valence-corrected chi connectivity index (χ3v) is 4.79. The van der Waals surface area contributed by atoms with E-state index in [0.717, 1.165) is 43.1 Å². The summed E-state index contributed by atoms with van der Waals surface area (Å²) in [6.45, 7) is 4.67. The van der Waals surface area contributed by atoms with Crippen LogP contribution in [0, 0.1) is 12.8 Å². The molecule has 2 fully saturated rings. The molecule has 1 saturated carbocycles. The van der Waals surface area contributed by atoms with Gasteiger partial charge < -0.3 is 9.64 Å². The van der Waals surface area contributed by atoms with Gasteiger partial charge in [-0.3, -0.25) is 0 Å². The Morgan fingerprint density at radius 1 is 1.04 bits per heavy atom. The van der Waals surface area contributed by atoms with E-state index in [-0.39, 0.29) is 0 Å². The molecule has 0 atom stereocenters. The normalized spacial score (nSPS) is 18.6. The Bertz CT molecular complexity index is 661. The van der Waals surface area contributed by atoms with Gasteiger partial charge in [0, 0.05) is 37.5 Å². The zero-order valence-corrected chi connectivity index (χ0v) is 14.1. The van der Waals surface area contributed by atoms with Crippen molar-refractivity contribution in [2.24, 2.45) is 5.92 Å². The summed E-state index contributed by atoms with van der Waals surface area (Å²) < 4.78 is 5.83. The Morgan fingerprint density at radius 3 is 2.42 bits per heavy atom. The molecule has 1 aliphatic carbocycles. The first-order valence-electron chi connectivity index (χ1n) is 8.78. The maximum Gasteiger partial charge on any atom is 0.233 e. The van der Waals surface area contributed by atoms with Crippen molar-refractivity contribution in [2.45, 2.75) is 38.5 Å². The highest BCUT2D eigenvalue weighted by molar-refractivity contribution is 5.30. The molecule has 0 N–H and O–H groups in total. The maximum absolute atomic E-state index is 5.83. The van der Waals surface area contributed by atoms with Gasteiger partial charge in [-0.15, -0.1) is 5.10 Å². The van der Waals surface area contributed by atoms with Gasteiger partial charge in [0.25, 0.3) is 0 Å². The fourth-order valence-corrected chi connectivity index (χ4v) is 3.06. The zero-order chi connectivity index (χ0) is 16.4. The highest BCUT2D eigenvalue weighted by Crippen LogP contribution is 2.38. The number of hydrogen-bond donors (Lipinski definition) is 0. The van der Waals surface area contributed by atoms with Crippen LogP contribution >= 0.6 is 0 Å². The van der Waals surface area contributed by atoms with Crippen molar-refractivity contribution in [3.05, 3.63) is 35.8 Å². The van der Waals surface area contributed by atoms with Gasteiger partial charge in [0.1, 0.15) is 0 Å². The molecule has 126 valence electrons. The highest BCUT2D eigenvalue weighted by Gasteiger charge is 2.25. The summed E-state index contributed by atoms with van der Waals surface area (Å²) in [6.07, 6.45) is 8.43. The van der Waals surface area contributed by atoms with Crippen LogP contribution in [-0.2, 0) is 0 Å². The third kappa shape index (κ3) is 3.63.